The first-order valence-corrected chi connectivity index (χ1v) is 8.45. The number of likely N-dealkylation sites (tertiary alicyclic amines) is 1. The number of carbonyl (C=O) groups is 2. The third-order valence-electron chi connectivity index (χ3n) is 3.77. The van der Waals surface area contributed by atoms with Crippen LogP contribution in [0.15, 0.2) is 23.1 Å². The second kappa shape index (κ2) is 6.55. The number of ether oxygens (including phenoxy) is 1. The van der Waals surface area contributed by atoms with Crippen molar-refractivity contribution in [1.29, 1.82) is 0 Å². The predicted octanol–water partition coefficient (Wildman–Crippen LogP) is 0.293. The van der Waals surface area contributed by atoms with Gasteiger partial charge < -0.3 is 14.7 Å². The minimum absolute atomic E-state index is 0.104. The van der Waals surface area contributed by atoms with Gasteiger partial charge in [-0.2, -0.15) is 0 Å². The van der Waals surface area contributed by atoms with Gasteiger partial charge in [-0.15, -0.1) is 0 Å². The lowest BCUT2D eigenvalue weighted by atomic mass is 10.1. The molecule has 1 fully saturated rings. The maximum absolute atomic E-state index is 12.5. The number of nitrogens with one attached hydrogen (secondary N) is 1. The molecule has 0 spiro atoms. The van der Waals surface area contributed by atoms with Gasteiger partial charge >= 0.3 is 5.97 Å². The number of hydrogen-bond donors (Lipinski definition) is 2. The number of rotatable bonds is 5. The van der Waals surface area contributed by atoms with Gasteiger partial charge in [0.05, 0.1) is 7.11 Å². The number of benzene rings is 1. The van der Waals surface area contributed by atoms with Crippen molar-refractivity contribution in [1.82, 2.24) is 9.62 Å². The molecular weight excluding hydrogens is 324 g/mol. The number of hydrogen-bond acceptors (Lipinski definition) is 5. The molecule has 9 heteroatoms. The Morgan fingerprint density at radius 3 is 2.65 bits per heavy atom. The summed E-state index contributed by atoms with van der Waals surface area (Å²) < 4.78 is 31.3. The highest BCUT2D eigenvalue weighted by Crippen LogP contribution is 2.27. The fourth-order valence-corrected chi connectivity index (χ4v) is 3.48. The maximum atomic E-state index is 12.5. The largest absolute Gasteiger partial charge is 0.495 e. The van der Waals surface area contributed by atoms with Crippen LogP contribution in [0.2, 0.25) is 0 Å². The molecule has 1 unspecified atom stereocenters. The van der Waals surface area contributed by atoms with Gasteiger partial charge in [0.2, 0.25) is 10.0 Å². The van der Waals surface area contributed by atoms with Gasteiger partial charge in [-0.1, -0.05) is 0 Å². The Morgan fingerprint density at radius 2 is 2.09 bits per heavy atom. The second-order valence-electron chi connectivity index (χ2n) is 5.07. The number of amides is 1. The second-order valence-corrected chi connectivity index (χ2v) is 6.92. The molecule has 1 atom stereocenters. The molecule has 1 amide bonds. The zero-order valence-electron chi connectivity index (χ0n) is 12.8. The quantitative estimate of drug-likeness (QED) is 0.795. The van der Waals surface area contributed by atoms with Crippen molar-refractivity contribution in [3.05, 3.63) is 23.8 Å². The zero-order valence-corrected chi connectivity index (χ0v) is 13.6. The Labute approximate surface area is 134 Å². The van der Waals surface area contributed by atoms with Crippen LogP contribution in [0.3, 0.4) is 0 Å². The Morgan fingerprint density at radius 1 is 1.39 bits per heavy atom. The van der Waals surface area contributed by atoms with Crippen molar-refractivity contribution in [2.24, 2.45) is 0 Å². The standard InChI is InChI=1S/C14H18N2O6S/c1-15-23(20,21)12-8-9(5-6-11(12)22-2)13(17)16-7-3-4-10(16)14(18)19/h5-6,8,10,15H,3-4,7H2,1-2H3,(H,18,19). The molecule has 126 valence electrons. The van der Waals surface area contributed by atoms with E-state index in [2.05, 4.69) is 4.72 Å². The van der Waals surface area contributed by atoms with Crippen molar-refractivity contribution in [3.8, 4) is 5.75 Å². The Kier molecular flexibility index (Phi) is 4.90. The van der Waals surface area contributed by atoms with Gasteiger partial charge in [0.25, 0.3) is 5.91 Å². The first kappa shape index (κ1) is 17.2. The number of nitrogens with zero attached hydrogens (tertiary/aromatic N) is 1. The molecule has 0 aliphatic carbocycles. The predicted molar refractivity (Wildman–Crippen MR) is 80.9 cm³/mol. The molecule has 0 saturated carbocycles. The summed E-state index contributed by atoms with van der Waals surface area (Å²) in [6.45, 7) is 0.329. The van der Waals surface area contributed by atoms with Crippen LogP contribution >= 0.6 is 0 Å². The Bertz CT molecular complexity index is 731. The van der Waals surface area contributed by atoms with Gasteiger partial charge in [-0.25, -0.2) is 17.9 Å². The number of methoxy groups -OCH3 is 1. The molecular formula is C14H18N2O6S. The Hall–Kier alpha value is -2.13. The maximum Gasteiger partial charge on any atom is 0.326 e. The minimum Gasteiger partial charge on any atom is -0.495 e. The van der Waals surface area contributed by atoms with E-state index in [4.69, 9.17) is 9.84 Å². The van der Waals surface area contributed by atoms with E-state index < -0.39 is 27.9 Å². The summed E-state index contributed by atoms with van der Waals surface area (Å²) in [5.41, 5.74) is 0.104. The molecule has 2 N–H and O–H groups in total. The summed E-state index contributed by atoms with van der Waals surface area (Å²) in [4.78, 5) is 24.8. The van der Waals surface area contributed by atoms with Gasteiger partial charge in [-0.3, -0.25) is 4.79 Å². The van der Waals surface area contributed by atoms with E-state index in [1.807, 2.05) is 0 Å². The van der Waals surface area contributed by atoms with Crippen molar-refractivity contribution < 1.29 is 27.9 Å². The summed E-state index contributed by atoms with van der Waals surface area (Å²) in [6, 6.07) is 3.12. The highest BCUT2D eigenvalue weighted by Gasteiger charge is 2.35. The van der Waals surface area contributed by atoms with Crippen LogP contribution in [0.1, 0.15) is 23.2 Å². The first-order chi connectivity index (χ1) is 10.8. The van der Waals surface area contributed by atoms with E-state index in [0.29, 0.717) is 19.4 Å². The summed E-state index contributed by atoms with van der Waals surface area (Å²) in [6.07, 6.45) is 0.986. The van der Waals surface area contributed by atoms with E-state index in [1.165, 1.54) is 37.3 Å². The molecule has 2 rings (SSSR count). The van der Waals surface area contributed by atoms with Crippen molar-refractivity contribution in [2.75, 3.05) is 20.7 Å². The molecule has 8 nitrogen and oxygen atoms in total. The average Bonchev–Trinajstić information content (AvgIpc) is 3.03. The third-order valence-corrected chi connectivity index (χ3v) is 5.20. The van der Waals surface area contributed by atoms with Crippen LogP contribution in [-0.4, -0.2) is 57.0 Å². The Balaban J connectivity index is 2.43. The lowest BCUT2D eigenvalue weighted by molar-refractivity contribution is -0.141. The van der Waals surface area contributed by atoms with Gasteiger partial charge in [0, 0.05) is 12.1 Å². The van der Waals surface area contributed by atoms with Crippen LogP contribution < -0.4 is 9.46 Å². The summed E-state index contributed by atoms with van der Waals surface area (Å²) in [5.74, 6) is -1.47. The summed E-state index contributed by atoms with van der Waals surface area (Å²) in [7, 11) is -1.23. The lowest BCUT2D eigenvalue weighted by Crippen LogP contribution is -2.40. The van der Waals surface area contributed by atoms with Crippen LogP contribution in [0.4, 0.5) is 0 Å². The van der Waals surface area contributed by atoms with Crippen LogP contribution in [0.25, 0.3) is 0 Å². The van der Waals surface area contributed by atoms with E-state index in [9.17, 15) is 18.0 Å². The number of carbonyl (C=O) groups excluding carboxylic acids is 1. The van der Waals surface area contributed by atoms with Crippen molar-refractivity contribution >= 4 is 21.9 Å². The van der Waals surface area contributed by atoms with E-state index in [1.54, 1.807) is 0 Å². The number of carboxylic acid groups (broad SMARTS) is 1. The molecule has 1 aliphatic heterocycles. The zero-order chi connectivity index (χ0) is 17.2. The monoisotopic (exact) mass is 342 g/mol. The lowest BCUT2D eigenvalue weighted by Gasteiger charge is -2.22. The van der Waals surface area contributed by atoms with Gasteiger partial charge in [0.15, 0.2) is 0 Å². The van der Waals surface area contributed by atoms with Gasteiger partial charge in [0.1, 0.15) is 16.7 Å². The summed E-state index contributed by atoms with van der Waals surface area (Å²) in [5, 5.41) is 9.16. The molecule has 1 aliphatic rings. The van der Waals surface area contributed by atoms with E-state index in [0.717, 1.165) is 0 Å². The van der Waals surface area contributed by atoms with Gasteiger partial charge in [-0.05, 0) is 38.1 Å². The van der Waals surface area contributed by atoms with Crippen LogP contribution in [0.5, 0.6) is 5.75 Å². The fraction of sp³-hybridized carbons (Fsp3) is 0.429. The molecule has 0 aromatic heterocycles. The SMILES string of the molecule is CNS(=O)(=O)c1cc(C(=O)N2CCCC2C(=O)O)ccc1OC. The molecule has 0 radical (unpaired) electrons. The topological polar surface area (TPSA) is 113 Å². The van der Waals surface area contributed by atoms with Crippen molar-refractivity contribution in [2.45, 2.75) is 23.8 Å². The highest BCUT2D eigenvalue weighted by molar-refractivity contribution is 7.89. The van der Waals surface area contributed by atoms with E-state index in [-0.39, 0.29) is 16.2 Å². The third kappa shape index (κ3) is 3.30. The fourth-order valence-electron chi connectivity index (χ4n) is 2.56. The first-order valence-electron chi connectivity index (χ1n) is 6.97. The molecule has 1 saturated heterocycles. The number of carboxylic acids is 1. The smallest absolute Gasteiger partial charge is 0.326 e. The van der Waals surface area contributed by atoms with Crippen LogP contribution in [0, 0.1) is 0 Å². The van der Waals surface area contributed by atoms with Crippen LogP contribution in [-0.2, 0) is 14.8 Å². The molecule has 1 aromatic carbocycles. The molecule has 1 heterocycles. The van der Waals surface area contributed by atoms with E-state index >= 15 is 0 Å². The highest BCUT2D eigenvalue weighted by atomic mass is 32.2. The van der Waals surface area contributed by atoms with Crippen molar-refractivity contribution in [3.63, 3.8) is 0 Å². The minimum atomic E-state index is -3.81. The molecule has 0 bridgehead atoms. The number of sulfonamides is 1. The normalized spacial score (nSPS) is 18.0. The number of aliphatic carboxylic acids is 1. The molecule has 1 aromatic rings. The summed E-state index contributed by atoms with van der Waals surface area (Å²) >= 11 is 0. The molecule has 23 heavy (non-hydrogen) atoms. The average molecular weight is 342 g/mol.